The number of oxazole rings is 1. The number of hydrazine groups is 1. The number of hydrogen-bond acceptors (Lipinski definition) is 10. The Bertz CT molecular complexity index is 1570. The molecular weight excluding hydrogens is 600 g/mol. The molecule has 3 heterocycles. The number of fused-ring (bicyclic) bond motifs is 3. The van der Waals surface area contributed by atoms with Crippen molar-refractivity contribution in [3.63, 3.8) is 0 Å². The molecule has 2 saturated heterocycles. The van der Waals surface area contributed by atoms with Crippen LogP contribution in [0.5, 0.6) is 0 Å². The van der Waals surface area contributed by atoms with Gasteiger partial charge in [0, 0.05) is 31.8 Å². The van der Waals surface area contributed by atoms with Crippen molar-refractivity contribution < 1.29 is 36.9 Å². The summed E-state index contributed by atoms with van der Waals surface area (Å²) >= 11 is 0. The van der Waals surface area contributed by atoms with E-state index in [4.69, 9.17) is 18.6 Å². The van der Waals surface area contributed by atoms with Gasteiger partial charge in [-0.25, -0.2) is 23.2 Å². The molecule has 3 N–H and O–H groups in total. The van der Waals surface area contributed by atoms with Crippen LogP contribution in [-0.2, 0) is 30.7 Å². The van der Waals surface area contributed by atoms with E-state index >= 15 is 0 Å². The number of carbonyl (C=O) groups excluding carboxylic acids is 1. The van der Waals surface area contributed by atoms with Crippen LogP contribution in [-0.4, -0.2) is 80.0 Å². The summed E-state index contributed by atoms with van der Waals surface area (Å²) in [6.07, 6.45) is 0.0172. The smallest absolute Gasteiger partial charge is 0.407 e. The zero-order valence-corrected chi connectivity index (χ0v) is 26.6. The van der Waals surface area contributed by atoms with Crippen molar-refractivity contribution in [3.05, 3.63) is 60.0 Å². The van der Waals surface area contributed by atoms with Gasteiger partial charge in [-0.1, -0.05) is 44.2 Å². The zero-order valence-electron chi connectivity index (χ0n) is 25.8. The van der Waals surface area contributed by atoms with Crippen LogP contribution in [0.4, 0.5) is 4.79 Å². The number of alkyl carbamates (subject to hydrolysis) is 1. The first-order valence-corrected chi connectivity index (χ1v) is 17.1. The number of nitrogens with zero attached hydrogens (tertiary/aromatic N) is 2. The van der Waals surface area contributed by atoms with Gasteiger partial charge in [0.25, 0.3) is 10.0 Å². The van der Waals surface area contributed by atoms with E-state index in [-0.39, 0.29) is 35.7 Å². The second-order valence-electron chi connectivity index (χ2n) is 12.8. The quantitative estimate of drug-likeness (QED) is 0.236. The molecule has 2 aliphatic heterocycles. The third-order valence-corrected chi connectivity index (χ3v) is 10.2. The molecule has 1 amide bonds. The maximum atomic E-state index is 13.5. The standard InChI is InChI=1S/C32H42N4O8S/c1-19(2)11-12-36(35-45(39,40)24-9-10-28-26(16-24)33-20(3)42-28)17-27(37)25(13-21-7-5-4-6-8-21)34-32(38)44-30-23-14-22-15-29(30)43-31(22)41-18-23/h4-10,16,19,22-23,25,27,29-31,35,37H,11-15,17-18H2,1-3H3,(H,34,38)/t22?,23?,25-,27+,29?,30?,31?/m0/s1. The summed E-state index contributed by atoms with van der Waals surface area (Å²) in [5.41, 5.74) is 1.83. The maximum absolute atomic E-state index is 13.5. The molecule has 12 nitrogen and oxygen atoms in total. The van der Waals surface area contributed by atoms with E-state index < -0.39 is 34.4 Å². The molecule has 1 saturated carbocycles. The minimum absolute atomic E-state index is 0.0249. The monoisotopic (exact) mass is 642 g/mol. The number of aliphatic hydroxyl groups is 1. The third kappa shape index (κ3) is 7.50. The molecule has 1 aliphatic carbocycles. The number of aryl methyl sites for hydroxylation is 1. The van der Waals surface area contributed by atoms with Crippen molar-refractivity contribution in [2.75, 3.05) is 19.7 Å². The number of benzene rings is 2. The van der Waals surface area contributed by atoms with Gasteiger partial charge in [-0.2, -0.15) is 0 Å². The Morgan fingerprint density at radius 1 is 1.16 bits per heavy atom. The van der Waals surface area contributed by atoms with E-state index in [2.05, 4.69) is 15.1 Å². The van der Waals surface area contributed by atoms with E-state index in [0.717, 1.165) is 18.4 Å². The lowest BCUT2D eigenvalue weighted by Crippen LogP contribution is -2.54. The molecule has 3 aliphatic rings. The first-order valence-electron chi connectivity index (χ1n) is 15.6. The summed E-state index contributed by atoms with van der Waals surface area (Å²) in [7, 11) is -4.03. The van der Waals surface area contributed by atoms with Gasteiger partial charge in [0.05, 0.1) is 29.8 Å². The first-order chi connectivity index (χ1) is 21.5. The predicted octanol–water partition coefficient (Wildman–Crippen LogP) is 3.53. The van der Waals surface area contributed by atoms with Crippen LogP contribution in [0.15, 0.2) is 57.8 Å². The van der Waals surface area contributed by atoms with E-state index in [1.54, 1.807) is 13.0 Å². The van der Waals surface area contributed by atoms with Gasteiger partial charge in [-0.3, -0.25) is 0 Å². The Balaban J connectivity index is 1.17. The van der Waals surface area contributed by atoms with Gasteiger partial charge >= 0.3 is 6.09 Å². The SMILES string of the molecule is Cc1nc2cc(S(=O)(=O)NN(CCC(C)C)C[C@@H](O)[C@H](Cc3ccccc3)NC(=O)OC3C4COC5OC3CC5C4)ccc2o1. The molecule has 244 valence electrons. The second kappa shape index (κ2) is 13.3. The molecule has 1 aromatic heterocycles. The molecule has 13 heteroatoms. The van der Waals surface area contributed by atoms with Crippen LogP contribution in [0.3, 0.4) is 0 Å². The van der Waals surface area contributed by atoms with E-state index in [0.29, 0.717) is 48.9 Å². The average Bonchev–Trinajstić information content (AvgIpc) is 3.52. The highest BCUT2D eigenvalue weighted by Gasteiger charge is 2.53. The number of aromatic nitrogens is 1. The van der Waals surface area contributed by atoms with Crippen molar-refractivity contribution in [1.82, 2.24) is 20.1 Å². The van der Waals surface area contributed by atoms with Crippen LogP contribution in [0.2, 0.25) is 0 Å². The molecule has 3 bridgehead atoms. The van der Waals surface area contributed by atoms with Gasteiger partial charge in [-0.15, -0.1) is 4.83 Å². The van der Waals surface area contributed by atoms with Gasteiger partial charge in [0.15, 0.2) is 17.8 Å². The maximum Gasteiger partial charge on any atom is 0.407 e. The number of amides is 1. The van der Waals surface area contributed by atoms with Gasteiger partial charge in [0.1, 0.15) is 11.6 Å². The first kappa shape index (κ1) is 31.9. The van der Waals surface area contributed by atoms with Gasteiger partial charge in [-0.05, 0) is 55.4 Å². The highest BCUT2D eigenvalue weighted by Crippen LogP contribution is 2.46. The molecule has 45 heavy (non-hydrogen) atoms. The van der Waals surface area contributed by atoms with Crippen molar-refractivity contribution in [1.29, 1.82) is 0 Å². The average molecular weight is 643 g/mol. The number of sulfonamides is 1. The highest BCUT2D eigenvalue weighted by atomic mass is 32.2. The molecule has 3 aromatic rings. The van der Waals surface area contributed by atoms with Crippen LogP contribution in [0.25, 0.3) is 11.1 Å². The molecule has 7 atom stereocenters. The summed E-state index contributed by atoms with van der Waals surface area (Å²) in [5.74, 6) is 1.13. The lowest BCUT2D eigenvalue weighted by Gasteiger charge is -2.37. The van der Waals surface area contributed by atoms with Gasteiger partial charge < -0.3 is 29.1 Å². The lowest BCUT2D eigenvalue weighted by molar-refractivity contribution is -0.153. The molecule has 6 rings (SSSR count). The normalized spacial score (nSPS) is 25.6. The number of ether oxygens (including phenoxy) is 3. The Kier molecular flexibility index (Phi) is 9.46. The van der Waals surface area contributed by atoms with E-state index in [1.807, 2.05) is 44.2 Å². The summed E-state index contributed by atoms with van der Waals surface area (Å²) in [5, 5.41) is 15.9. The summed E-state index contributed by atoms with van der Waals surface area (Å²) < 4.78 is 50.2. The van der Waals surface area contributed by atoms with Crippen LogP contribution < -0.4 is 10.1 Å². The molecule has 2 aromatic carbocycles. The Morgan fingerprint density at radius 3 is 2.73 bits per heavy atom. The minimum Gasteiger partial charge on any atom is -0.443 e. The van der Waals surface area contributed by atoms with E-state index in [1.165, 1.54) is 17.1 Å². The minimum atomic E-state index is -4.03. The second-order valence-corrected chi connectivity index (χ2v) is 14.5. The molecular formula is C32H42N4O8S. The Hall–Kier alpha value is -3.07. The molecule has 0 radical (unpaired) electrons. The van der Waals surface area contributed by atoms with Crippen molar-refractivity contribution >= 4 is 27.2 Å². The fourth-order valence-electron chi connectivity index (χ4n) is 6.54. The van der Waals surface area contributed by atoms with Gasteiger partial charge in [0.2, 0.25) is 0 Å². The third-order valence-electron chi connectivity index (χ3n) is 8.86. The van der Waals surface area contributed by atoms with Crippen molar-refractivity contribution in [2.45, 2.75) is 82.0 Å². The number of carbonyl (C=O) groups is 1. The van der Waals surface area contributed by atoms with Crippen LogP contribution in [0, 0.1) is 24.7 Å². The van der Waals surface area contributed by atoms with Crippen LogP contribution in [0.1, 0.15) is 44.6 Å². The number of aliphatic hydroxyl groups excluding tert-OH is 1. The molecule has 0 spiro atoms. The van der Waals surface area contributed by atoms with E-state index in [9.17, 15) is 18.3 Å². The topological polar surface area (TPSA) is 152 Å². The molecule has 3 fully saturated rings. The number of hydrogen-bond donors (Lipinski definition) is 3. The summed E-state index contributed by atoms with van der Waals surface area (Å²) in [6, 6.07) is 13.2. The molecule has 5 unspecified atom stereocenters. The number of rotatable bonds is 13. The Morgan fingerprint density at radius 2 is 1.96 bits per heavy atom. The predicted molar refractivity (Wildman–Crippen MR) is 164 cm³/mol. The largest absolute Gasteiger partial charge is 0.443 e. The Labute approximate surface area is 263 Å². The van der Waals surface area contributed by atoms with Crippen molar-refractivity contribution in [3.8, 4) is 0 Å². The fraction of sp³-hybridized carbons (Fsp3) is 0.562. The van der Waals surface area contributed by atoms with Crippen molar-refractivity contribution in [2.24, 2.45) is 17.8 Å². The highest BCUT2D eigenvalue weighted by molar-refractivity contribution is 7.89. The number of nitrogens with one attached hydrogen (secondary N) is 2. The summed E-state index contributed by atoms with van der Waals surface area (Å²) in [6.45, 7) is 6.52. The zero-order chi connectivity index (χ0) is 31.7. The lowest BCUT2D eigenvalue weighted by atomic mass is 9.78. The van der Waals surface area contributed by atoms with Crippen LogP contribution >= 0.6 is 0 Å². The summed E-state index contributed by atoms with van der Waals surface area (Å²) in [4.78, 5) is 20.2. The fourth-order valence-corrected chi connectivity index (χ4v) is 7.66.